The first-order valence-corrected chi connectivity index (χ1v) is 15.6. The molecule has 10 heteroatoms. The average Bonchev–Trinajstić information content (AvgIpc) is 2.99. The molecule has 44 heavy (non-hydrogen) atoms. The molecule has 4 aromatic rings. The molecular formula is C34H38N6O3S. The number of carbonyl (C=O) groups excluding carboxylic acids is 1. The Bertz CT molecular complexity index is 1750. The lowest BCUT2D eigenvalue weighted by Gasteiger charge is -2.20. The molecule has 0 saturated heterocycles. The van der Waals surface area contributed by atoms with Crippen molar-refractivity contribution in [2.45, 2.75) is 45.1 Å². The van der Waals surface area contributed by atoms with E-state index in [2.05, 4.69) is 20.6 Å². The average molecular weight is 611 g/mol. The van der Waals surface area contributed by atoms with Crippen LogP contribution < -0.4 is 21.9 Å². The van der Waals surface area contributed by atoms with Gasteiger partial charge in [-0.15, -0.1) is 4.40 Å². The second-order valence-electron chi connectivity index (χ2n) is 10.7. The van der Waals surface area contributed by atoms with Crippen molar-refractivity contribution >= 4 is 27.6 Å². The monoisotopic (exact) mass is 610 g/mol. The number of rotatable bonds is 11. The highest BCUT2D eigenvalue weighted by molar-refractivity contribution is 7.90. The third kappa shape index (κ3) is 7.97. The Morgan fingerprint density at radius 2 is 1.45 bits per heavy atom. The van der Waals surface area contributed by atoms with E-state index in [1.165, 1.54) is 0 Å². The molecule has 0 saturated carbocycles. The highest BCUT2D eigenvalue weighted by Gasteiger charge is 2.22. The number of nitrogens with one attached hydrogen (secondary N) is 4. The number of nitrogens with two attached hydrogens (primary N) is 1. The number of hydrogen-bond acceptors (Lipinski definition) is 5. The molecule has 0 unspecified atom stereocenters. The Morgan fingerprint density at radius 1 is 0.841 bits per heavy atom. The maximum absolute atomic E-state index is 13.2. The highest BCUT2D eigenvalue weighted by Crippen LogP contribution is 2.27. The number of aryl methyl sites for hydroxylation is 2. The predicted octanol–water partition coefficient (Wildman–Crippen LogP) is 5.17. The topological polar surface area (TPSA) is 150 Å². The van der Waals surface area contributed by atoms with Crippen LogP contribution in [0.3, 0.4) is 0 Å². The molecule has 0 bridgehead atoms. The zero-order chi connectivity index (χ0) is 31.9. The molecule has 0 atom stereocenters. The molecule has 9 nitrogen and oxygen atoms in total. The van der Waals surface area contributed by atoms with Gasteiger partial charge in [0.1, 0.15) is 5.84 Å². The Labute approximate surface area is 259 Å². The summed E-state index contributed by atoms with van der Waals surface area (Å²) in [5.74, 6) is -0.127. The van der Waals surface area contributed by atoms with Crippen LogP contribution in [0.5, 0.6) is 0 Å². The molecule has 0 radical (unpaired) electrons. The molecular weight excluding hydrogens is 572 g/mol. The summed E-state index contributed by atoms with van der Waals surface area (Å²) in [7, 11) is -4.04. The summed E-state index contributed by atoms with van der Waals surface area (Å²) in [6.07, 6.45) is 0.260. The minimum Gasteiger partial charge on any atom is -0.383 e. The van der Waals surface area contributed by atoms with Crippen LogP contribution in [0.25, 0.3) is 0 Å². The van der Waals surface area contributed by atoms with Gasteiger partial charge in [0.25, 0.3) is 10.0 Å². The molecule has 228 valence electrons. The van der Waals surface area contributed by atoms with Crippen LogP contribution in [-0.4, -0.2) is 32.5 Å². The van der Waals surface area contributed by atoms with Crippen LogP contribution in [0.2, 0.25) is 0 Å². The number of benzene rings is 4. The molecule has 0 heterocycles. The number of sulfonamides is 1. The van der Waals surface area contributed by atoms with Gasteiger partial charge in [-0.2, -0.15) is 8.42 Å². The summed E-state index contributed by atoms with van der Waals surface area (Å²) in [5, 5.41) is 11.4. The van der Waals surface area contributed by atoms with E-state index >= 15 is 0 Å². The van der Waals surface area contributed by atoms with Gasteiger partial charge in [0.05, 0.1) is 17.5 Å². The van der Waals surface area contributed by atoms with E-state index in [9.17, 15) is 13.2 Å². The summed E-state index contributed by atoms with van der Waals surface area (Å²) >= 11 is 0. The van der Waals surface area contributed by atoms with Gasteiger partial charge in [-0.25, -0.2) is 10.2 Å². The second-order valence-corrected chi connectivity index (χ2v) is 12.3. The van der Waals surface area contributed by atoms with Crippen molar-refractivity contribution in [1.82, 2.24) is 16.2 Å². The van der Waals surface area contributed by atoms with Crippen LogP contribution in [0.4, 0.5) is 4.79 Å². The van der Waals surface area contributed by atoms with Gasteiger partial charge in [0.15, 0.2) is 0 Å². The smallest absolute Gasteiger partial charge is 0.329 e. The zero-order valence-electron chi connectivity index (χ0n) is 25.3. The molecule has 4 rings (SSSR count). The number of amides is 2. The van der Waals surface area contributed by atoms with E-state index < -0.39 is 16.1 Å². The largest absolute Gasteiger partial charge is 0.383 e. The number of carbonyl (C=O) groups is 1. The van der Waals surface area contributed by atoms with E-state index in [-0.39, 0.29) is 29.7 Å². The number of nitrogens with zero attached hydrogens (tertiary/aromatic N) is 1. The minimum atomic E-state index is -4.04. The summed E-state index contributed by atoms with van der Waals surface area (Å²) in [5.41, 5.74) is 18.2. The van der Waals surface area contributed by atoms with Crippen molar-refractivity contribution in [3.8, 4) is 0 Å². The summed E-state index contributed by atoms with van der Waals surface area (Å²) in [6, 6.07) is 27.4. The van der Waals surface area contributed by atoms with E-state index in [1.807, 2.05) is 86.6 Å². The molecule has 4 aromatic carbocycles. The predicted molar refractivity (Wildman–Crippen MR) is 176 cm³/mol. The summed E-state index contributed by atoms with van der Waals surface area (Å²) < 4.78 is 30.4. The number of amidine groups is 1. The molecule has 0 aliphatic rings. The maximum Gasteiger partial charge on any atom is 0.329 e. The van der Waals surface area contributed by atoms with E-state index in [1.54, 1.807) is 32.0 Å². The number of hydrazine groups is 1. The van der Waals surface area contributed by atoms with Crippen molar-refractivity contribution in [3.63, 3.8) is 0 Å². The molecule has 0 aliphatic carbocycles. The summed E-state index contributed by atoms with van der Waals surface area (Å²) in [4.78, 5) is 12.9. The fourth-order valence-corrected chi connectivity index (χ4v) is 6.54. The molecule has 0 fully saturated rings. The van der Waals surface area contributed by atoms with E-state index in [4.69, 9.17) is 11.1 Å². The van der Waals surface area contributed by atoms with Crippen molar-refractivity contribution in [3.05, 3.63) is 136 Å². The van der Waals surface area contributed by atoms with Gasteiger partial charge in [-0.1, -0.05) is 84.9 Å². The number of urea groups is 1. The first-order chi connectivity index (χ1) is 21.0. The Hall–Kier alpha value is -4.80. The van der Waals surface area contributed by atoms with Crippen LogP contribution in [0.1, 0.15) is 50.5 Å². The lowest BCUT2D eigenvalue weighted by molar-refractivity contribution is 0.235. The third-order valence-corrected chi connectivity index (χ3v) is 9.03. The van der Waals surface area contributed by atoms with Crippen LogP contribution in [0, 0.1) is 33.1 Å². The molecule has 6 N–H and O–H groups in total. The third-order valence-electron chi connectivity index (χ3n) is 7.45. The number of hydrogen-bond donors (Lipinski definition) is 5. The van der Waals surface area contributed by atoms with Crippen LogP contribution >= 0.6 is 0 Å². The van der Waals surface area contributed by atoms with Gasteiger partial charge >= 0.3 is 6.03 Å². The lowest BCUT2D eigenvalue weighted by atomic mass is 9.99. The molecule has 2 amide bonds. The second kappa shape index (κ2) is 14.1. The Balaban J connectivity index is 1.37. The van der Waals surface area contributed by atoms with Gasteiger partial charge < -0.3 is 16.5 Å². The van der Waals surface area contributed by atoms with Crippen molar-refractivity contribution in [2.24, 2.45) is 10.1 Å². The fourth-order valence-electron chi connectivity index (χ4n) is 5.08. The first kappa shape index (κ1) is 32.1. The minimum absolute atomic E-state index is 0.0995. The standard InChI is InChI=1S/C34H38N6O3S/c1-22-18-23(2)32(25(4)24(22)3)44(42,43)40-33(36)29-17-11-12-26(19-29)20-30(35)21-37-39-34(41)38-31(27-13-7-5-8-14-27)28-15-9-6-10-16-28/h5-19,31,35,37H,20-21H2,1-4H3,(H2,36,40)(H2,38,39,41). The Kier molecular flexibility index (Phi) is 10.3. The SMILES string of the molecule is Cc1cc(C)c(S(=O)(=O)N=C(N)c2cccc(CC(=N)CNNC(=O)NC(c3ccccc3)c3ccccc3)c2)c(C)c1C. The highest BCUT2D eigenvalue weighted by atomic mass is 32.2. The van der Waals surface area contributed by atoms with Gasteiger partial charge in [0, 0.05) is 17.7 Å². The lowest BCUT2D eigenvalue weighted by Crippen LogP contribution is -2.47. The normalized spacial score (nSPS) is 11.8. The fraction of sp³-hybridized carbons (Fsp3) is 0.206. The molecule has 0 aliphatic heterocycles. The van der Waals surface area contributed by atoms with Gasteiger partial charge in [-0.3, -0.25) is 5.43 Å². The molecule has 0 spiro atoms. The summed E-state index contributed by atoms with van der Waals surface area (Å²) in [6.45, 7) is 7.46. The van der Waals surface area contributed by atoms with Crippen molar-refractivity contribution in [1.29, 1.82) is 5.41 Å². The molecule has 0 aromatic heterocycles. The van der Waals surface area contributed by atoms with Crippen molar-refractivity contribution in [2.75, 3.05) is 6.54 Å². The van der Waals surface area contributed by atoms with Crippen LogP contribution in [0.15, 0.2) is 100 Å². The van der Waals surface area contributed by atoms with Crippen LogP contribution in [-0.2, 0) is 16.4 Å². The maximum atomic E-state index is 13.2. The van der Waals surface area contributed by atoms with E-state index in [0.717, 1.165) is 27.8 Å². The van der Waals surface area contributed by atoms with Crippen molar-refractivity contribution < 1.29 is 13.2 Å². The van der Waals surface area contributed by atoms with E-state index in [0.29, 0.717) is 22.4 Å². The van der Waals surface area contributed by atoms with Gasteiger partial charge in [-0.05, 0) is 72.7 Å². The Morgan fingerprint density at radius 3 is 2.07 bits per heavy atom. The zero-order valence-corrected chi connectivity index (χ0v) is 26.1. The first-order valence-electron chi connectivity index (χ1n) is 14.2. The quantitative estimate of drug-likeness (QED) is 0.0902. The van der Waals surface area contributed by atoms with Gasteiger partial charge in [0.2, 0.25) is 0 Å².